The van der Waals surface area contributed by atoms with Crippen LogP contribution in [0.1, 0.15) is 72.4 Å². The number of methoxy groups -OCH3 is 8. The number of hydrogen-bond donors (Lipinski definition) is 2. The van der Waals surface area contributed by atoms with Crippen molar-refractivity contribution < 1.29 is 60.9 Å². The number of rotatable bonds is 34. The van der Waals surface area contributed by atoms with E-state index in [9.17, 15) is 18.3 Å². The minimum Gasteiger partial charge on any atom is -0.497 e. The lowest BCUT2D eigenvalue weighted by Crippen LogP contribution is -2.40. The van der Waals surface area contributed by atoms with Crippen molar-refractivity contribution >= 4 is 89.6 Å². The highest BCUT2D eigenvalue weighted by Gasteiger charge is 2.35. The number of aliphatic hydroxyl groups is 1. The van der Waals surface area contributed by atoms with Crippen LogP contribution in [0, 0.1) is 0 Å². The Labute approximate surface area is 776 Å². The standard InChI is InChI=1S/C28H33N5O3.C24H25F2N5O3.C24H27FN6O2.C24H27N5O2/c1-4-5-11-32(22-13-23(34-2)16-24(14-22)35-3)21-9-10-25-26(15-21)31-27(18-29-25)20-17-30-33(19-20)28-8-6-7-12-36-28;1-24(25,26)23(32)14-31(17-7-18(33-3)10-19(8-17)34-4)16-5-6-20-21(9-16)29-22(12-27-20)15-11-28-30(2)13-15;1-30-16-17(14-28-30)24-15-27-22-5-4-18(12-23(22)29-24)31(9-8-26-7-6-25)19-10-20(32-2)13-21(11-19)33-3;1-6-16(2)29(19-9-20(30-4)12-21(10-19)31-5)18-7-8-22-23(11-18)27-24(14-25-22)17-13-26-28(3)15-17/h9-10,13-19,28H,4-8,11-12H2,1-3H3;5-13,23,32H,14H2,1-4H3;4-5,10-16,26H,6-9H2,1-3H3;7-16H,6H2,1-5H3/t;23-;;16-/m.0.1/s1. The van der Waals surface area contributed by atoms with Gasteiger partial charge in [0.25, 0.3) is 5.92 Å². The van der Waals surface area contributed by atoms with Gasteiger partial charge in [0.2, 0.25) is 0 Å². The van der Waals surface area contributed by atoms with Crippen LogP contribution < -0.4 is 62.8 Å². The van der Waals surface area contributed by atoms with E-state index in [-0.39, 0.29) is 18.8 Å². The van der Waals surface area contributed by atoms with Crippen LogP contribution in [-0.4, -0.2) is 205 Å². The SMILES string of the molecule is CCCCN(c1cc(OC)cc(OC)c1)c1ccc2ncc(-c3cnn(C4CCCCO4)c3)nc2c1.CC[C@@H](C)N(c1cc(OC)cc(OC)c1)c1ccc2ncc(-c3cnn(C)c3)nc2c1.COc1cc(OC)cc(N(CCNCCF)c2ccc3ncc(-c4cnn(C)c4)nc3c2)c1.COc1cc(OC)cc(N(C[C@H](O)C(C)(F)F)c2ccc3ncc(-c4cnn(C)c4)nc3c2)c1. The number of halogens is 3. The molecule has 134 heavy (non-hydrogen) atoms. The molecule has 1 aliphatic rings. The fourth-order valence-electron chi connectivity index (χ4n) is 15.3. The minimum absolute atomic E-state index is 0.000465. The fourth-order valence-corrected chi connectivity index (χ4v) is 15.3. The number of ether oxygens (including phenoxy) is 9. The predicted octanol–water partition coefficient (Wildman–Crippen LogP) is 19.1. The van der Waals surface area contributed by atoms with Crippen LogP contribution in [0.2, 0.25) is 0 Å². The number of anilines is 8. The van der Waals surface area contributed by atoms with Crippen LogP contribution in [0.15, 0.2) is 220 Å². The zero-order valence-corrected chi connectivity index (χ0v) is 77.9. The Hall–Kier alpha value is -14.8. The number of aromatic nitrogens is 16. The first-order valence-electron chi connectivity index (χ1n) is 44.1. The maximum atomic E-state index is 13.9. The van der Waals surface area contributed by atoms with Crippen molar-refractivity contribution in [1.29, 1.82) is 0 Å². The largest absolute Gasteiger partial charge is 0.497 e. The normalized spacial score (nSPS) is 12.9. The van der Waals surface area contributed by atoms with Gasteiger partial charge in [-0.1, -0.05) is 20.3 Å². The van der Waals surface area contributed by atoms with Gasteiger partial charge in [-0.05, 0) is 112 Å². The van der Waals surface area contributed by atoms with E-state index in [0.717, 1.165) is 181 Å². The van der Waals surface area contributed by atoms with Gasteiger partial charge in [-0.2, -0.15) is 20.4 Å². The molecule has 0 radical (unpaired) electrons. The third-order valence-electron chi connectivity index (χ3n) is 22.7. The molecule has 0 spiro atoms. The lowest BCUT2D eigenvalue weighted by Gasteiger charge is -2.31. The van der Waals surface area contributed by atoms with Crippen LogP contribution in [0.5, 0.6) is 46.0 Å². The van der Waals surface area contributed by atoms with Gasteiger partial charge in [0.1, 0.15) is 65.0 Å². The Morgan fingerprint density at radius 1 is 0.425 bits per heavy atom. The molecule has 3 atom stereocenters. The molecule has 698 valence electrons. The number of fused-ring (bicyclic) bond motifs is 4. The molecular weight excluding hydrogens is 1710 g/mol. The number of nitrogens with one attached hydrogen (secondary N) is 1. The van der Waals surface area contributed by atoms with Crippen LogP contribution in [-0.2, 0) is 25.9 Å². The molecule has 8 aromatic carbocycles. The Morgan fingerprint density at radius 3 is 1.12 bits per heavy atom. The number of unbranched alkanes of at least 4 members (excludes halogenated alkanes) is 1. The molecule has 9 heterocycles. The van der Waals surface area contributed by atoms with Crippen molar-refractivity contribution in [2.45, 2.75) is 90.5 Å². The van der Waals surface area contributed by atoms with E-state index < -0.39 is 18.7 Å². The Kier molecular flexibility index (Phi) is 31.6. The molecule has 34 heteroatoms. The average Bonchev–Trinajstić information content (AvgIpc) is 1.37. The number of hydrogen-bond acceptors (Lipinski definition) is 27. The van der Waals surface area contributed by atoms with Crippen LogP contribution in [0.4, 0.5) is 58.7 Å². The summed E-state index contributed by atoms with van der Waals surface area (Å²) in [4.78, 5) is 45.9. The van der Waals surface area contributed by atoms with E-state index in [1.165, 1.54) is 14.2 Å². The average molecular weight is 1830 g/mol. The van der Waals surface area contributed by atoms with E-state index in [1.54, 1.807) is 135 Å². The molecule has 0 bridgehead atoms. The number of aryl methyl sites for hydroxylation is 3. The number of aliphatic hydroxyl groups excluding tert-OH is 1. The topological polar surface area (TPSA) is 303 Å². The summed E-state index contributed by atoms with van der Waals surface area (Å²) in [7, 11) is 18.5. The number of alkyl halides is 3. The molecule has 1 unspecified atom stereocenters. The van der Waals surface area contributed by atoms with Gasteiger partial charge < -0.3 is 72.7 Å². The highest BCUT2D eigenvalue weighted by atomic mass is 19.3. The predicted molar refractivity (Wildman–Crippen MR) is 516 cm³/mol. The maximum Gasteiger partial charge on any atom is 0.272 e. The van der Waals surface area contributed by atoms with E-state index >= 15 is 0 Å². The van der Waals surface area contributed by atoms with E-state index in [0.29, 0.717) is 77.7 Å². The van der Waals surface area contributed by atoms with Gasteiger partial charge in [0, 0.05) is 232 Å². The van der Waals surface area contributed by atoms with Crippen molar-refractivity contribution in [3.63, 3.8) is 0 Å². The van der Waals surface area contributed by atoms with Crippen LogP contribution in [0.3, 0.4) is 0 Å². The highest BCUT2D eigenvalue weighted by Crippen LogP contribution is 2.42. The first-order valence-corrected chi connectivity index (χ1v) is 44.1. The third kappa shape index (κ3) is 23.6. The van der Waals surface area contributed by atoms with Crippen LogP contribution >= 0.6 is 0 Å². The molecule has 1 saturated heterocycles. The molecule has 0 aliphatic carbocycles. The molecular formula is C100H112F3N21O10. The van der Waals surface area contributed by atoms with E-state index in [1.807, 2.05) is 148 Å². The van der Waals surface area contributed by atoms with Gasteiger partial charge in [0.15, 0.2) is 0 Å². The summed E-state index contributed by atoms with van der Waals surface area (Å²) in [5, 5.41) is 30.5. The smallest absolute Gasteiger partial charge is 0.272 e. The molecule has 2 N–H and O–H groups in total. The van der Waals surface area contributed by atoms with E-state index in [2.05, 4.69) is 110 Å². The summed E-state index contributed by atoms with van der Waals surface area (Å²) in [6, 6.07) is 46.5. The first-order chi connectivity index (χ1) is 65.0. The molecule has 16 aromatic rings. The van der Waals surface area contributed by atoms with E-state index in [4.69, 9.17) is 57.6 Å². The summed E-state index contributed by atoms with van der Waals surface area (Å²) >= 11 is 0. The monoisotopic (exact) mass is 1820 g/mol. The highest BCUT2D eigenvalue weighted by molar-refractivity contribution is 5.87. The molecule has 17 rings (SSSR count). The summed E-state index contributed by atoms with van der Waals surface area (Å²) in [6.45, 7) is 9.65. The van der Waals surface area contributed by atoms with Crippen molar-refractivity contribution in [3.05, 3.63) is 220 Å². The first kappa shape index (κ1) is 95.3. The van der Waals surface area contributed by atoms with Crippen molar-refractivity contribution in [3.8, 4) is 91.0 Å². The summed E-state index contributed by atoms with van der Waals surface area (Å²) in [5.41, 5.74) is 19.7. The zero-order chi connectivity index (χ0) is 94.5. The lowest BCUT2D eigenvalue weighted by molar-refractivity contribution is -0.0878. The maximum absolute atomic E-state index is 13.9. The third-order valence-corrected chi connectivity index (χ3v) is 22.7. The lowest BCUT2D eigenvalue weighted by atomic mass is 10.1. The molecule has 0 saturated carbocycles. The van der Waals surface area contributed by atoms with Gasteiger partial charge >= 0.3 is 0 Å². The second-order valence-electron chi connectivity index (χ2n) is 32.0. The molecule has 1 aliphatic heterocycles. The van der Waals surface area contributed by atoms with Gasteiger partial charge in [-0.25, -0.2) is 37.8 Å². The second kappa shape index (κ2) is 44.4. The molecule has 8 aromatic heterocycles. The van der Waals surface area contributed by atoms with Crippen molar-refractivity contribution in [1.82, 2.24) is 84.3 Å². The number of nitrogens with zero attached hydrogens (tertiary/aromatic N) is 20. The Morgan fingerprint density at radius 2 is 0.776 bits per heavy atom. The molecule has 31 nitrogen and oxygen atoms in total. The fraction of sp³-hybridized carbons (Fsp3) is 0.320. The van der Waals surface area contributed by atoms with Gasteiger partial charge in [-0.3, -0.25) is 34.0 Å². The number of benzene rings is 8. The summed E-state index contributed by atoms with van der Waals surface area (Å²) < 4.78 is 97.1. The molecule has 1 fully saturated rings. The van der Waals surface area contributed by atoms with Gasteiger partial charge in [0.05, 0.1) is 180 Å². The minimum atomic E-state index is -3.30. The second-order valence-corrected chi connectivity index (χ2v) is 32.0. The summed E-state index contributed by atoms with van der Waals surface area (Å²) in [6.07, 6.45) is 26.2. The Balaban J connectivity index is 0.000000144. The van der Waals surface area contributed by atoms with Gasteiger partial charge in [-0.15, -0.1) is 0 Å². The quantitative estimate of drug-likeness (QED) is 0.0354. The van der Waals surface area contributed by atoms with Crippen molar-refractivity contribution in [2.24, 2.45) is 21.1 Å². The summed E-state index contributed by atoms with van der Waals surface area (Å²) in [5.74, 6) is 2.05. The molecule has 0 amide bonds. The van der Waals surface area contributed by atoms with Crippen LogP contribution in [0.25, 0.3) is 89.2 Å². The Bertz CT molecular complexity index is 6540. The zero-order valence-electron chi connectivity index (χ0n) is 77.9. The van der Waals surface area contributed by atoms with Crippen molar-refractivity contribution in [2.75, 3.05) is 122 Å².